The second-order valence-corrected chi connectivity index (χ2v) is 7.56. The van der Waals surface area contributed by atoms with E-state index in [9.17, 15) is 9.59 Å². The fourth-order valence-corrected chi connectivity index (χ4v) is 4.17. The van der Waals surface area contributed by atoms with Crippen LogP contribution in [0.4, 0.5) is 5.69 Å². The SMILES string of the molecule is O=C1N=C(N2CCN(c3ccccc3)CC2)SC1=Cc1ccc(C(=O)O)cc1. The third-order valence-corrected chi connectivity index (χ3v) is 5.78. The average Bonchev–Trinajstić information content (AvgIpc) is 3.09. The van der Waals surface area contributed by atoms with Gasteiger partial charge < -0.3 is 14.9 Å². The van der Waals surface area contributed by atoms with Gasteiger partial charge in [0.15, 0.2) is 5.17 Å². The van der Waals surface area contributed by atoms with Gasteiger partial charge in [0, 0.05) is 31.9 Å². The Morgan fingerprint density at radius 2 is 1.61 bits per heavy atom. The average molecular weight is 393 g/mol. The van der Waals surface area contributed by atoms with Gasteiger partial charge in [0.1, 0.15) is 0 Å². The van der Waals surface area contributed by atoms with E-state index >= 15 is 0 Å². The summed E-state index contributed by atoms with van der Waals surface area (Å²) in [6.07, 6.45) is 1.76. The number of amidine groups is 1. The highest BCUT2D eigenvalue weighted by Gasteiger charge is 2.28. The molecule has 1 fully saturated rings. The second kappa shape index (κ2) is 7.90. The molecule has 0 aliphatic carbocycles. The second-order valence-electron chi connectivity index (χ2n) is 6.55. The molecule has 0 aromatic heterocycles. The van der Waals surface area contributed by atoms with Crippen molar-refractivity contribution < 1.29 is 14.7 Å². The summed E-state index contributed by atoms with van der Waals surface area (Å²) < 4.78 is 0. The Bertz CT molecular complexity index is 947. The van der Waals surface area contributed by atoms with Crippen LogP contribution in [0.1, 0.15) is 15.9 Å². The topological polar surface area (TPSA) is 73.2 Å². The number of aliphatic imine (C=N–C) groups is 1. The summed E-state index contributed by atoms with van der Waals surface area (Å²) in [5, 5.41) is 9.71. The number of rotatable bonds is 3. The largest absolute Gasteiger partial charge is 0.478 e. The van der Waals surface area contributed by atoms with Crippen LogP contribution in [0.3, 0.4) is 0 Å². The Labute approximate surface area is 167 Å². The zero-order valence-electron chi connectivity index (χ0n) is 15.1. The molecule has 2 aliphatic heterocycles. The summed E-state index contributed by atoms with van der Waals surface area (Å²) in [5.41, 5.74) is 2.22. The van der Waals surface area contributed by atoms with Gasteiger partial charge >= 0.3 is 5.97 Å². The Balaban J connectivity index is 1.39. The predicted octanol–water partition coefficient (Wildman–Crippen LogP) is 3.18. The monoisotopic (exact) mass is 393 g/mol. The van der Waals surface area contributed by atoms with Crippen molar-refractivity contribution in [2.45, 2.75) is 0 Å². The van der Waals surface area contributed by atoms with Gasteiger partial charge in [0.2, 0.25) is 0 Å². The first kappa shape index (κ1) is 18.3. The summed E-state index contributed by atoms with van der Waals surface area (Å²) >= 11 is 1.38. The van der Waals surface area contributed by atoms with Crippen LogP contribution in [0.15, 0.2) is 64.5 Å². The molecule has 2 aliphatic rings. The van der Waals surface area contributed by atoms with Crippen molar-refractivity contribution in [3.05, 3.63) is 70.6 Å². The van der Waals surface area contributed by atoms with Crippen LogP contribution in [0.25, 0.3) is 6.08 Å². The number of hydrogen-bond acceptors (Lipinski definition) is 5. The van der Waals surface area contributed by atoms with Gasteiger partial charge in [0.25, 0.3) is 5.91 Å². The smallest absolute Gasteiger partial charge is 0.335 e. The molecule has 142 valence electrons. The first-order valence-corrected chi connectivity index (χ1v) is 9.83. The van der Waals surface area contributed by atoms with Crippen LogP contribution < -0.4 is 4.90 Å². The molecule has 6 nitrogen and oxygen atoms in total. The van der Waals surface area contributed by atoms with E-state index in [2.05, 4.69) is 26.9 Å². The minimum absolute atomic E-state index is 0.223. The van der Waals surface area contributed by atoms with Crippen LogP contribution >= 0.6 is 11.8 Å². The summed E-state index contributed by atoms with van der Waals surface area (Å²) in [6, 6.07) is 16.8. The molecule has 1 saturated heterocycles. The molecule has 1 N–H and O–H groups in total. The minimum atomic E-state index is -0.967. The van der Waals surface area contributed by atoms with Crippen molar-refractivity contribution in [1.29, 1.82) is 0 Å². The molecule has 0 saturated carbocycles. The Morgan fingerprint density at radius 1 is 0.964 bits per heavy atom. The Kier molecular flexibility index (Phi) is 5.16. The first-order valence-electron chi connectivity index (χ1n) is 9.01. The van der Waals surface area contributed by atoms with Crippen LogP contribution in [0.2, 0.25) is 0 Å². The first-order chi connectivity index (χ1) is 13.6. The number of aromatic carboxylic acids is 1. The molecule has 2 heterocycles. The van der Waals surface area contributed by atoms with Crippen LogP contribution in [-0.2, 0) is 4.79 Å². The molecular weight excluding hydrogens is 374 g/mol. The number of carbonyl (C=O) groups excluding carboxylic acids is 1. The normalized spacial score (nSPS) is 18.5. The number of carbonyl (C=O) groups is 2. The maximum absolute atomic E-state index is 12.3. The molecule has 7 heteroatoms. The quantitative estimate of drug-likeness (QED) is 0.808. The van der Waals surface area contributed by atoms with Gasteiger partial charge in [-0.1, -0.05) is 30.3 Å². The van der Waals surface area contributed by atoms with Crippen LogP contribution in [-0.4, -0.2) is 53.2 Å². The van der Waals surface area contributed by atoms with Crippen molar-refractivity contribution in [3.8, 4) is 0 Å². The predicted molar refractivity (Wildman–Crippen MR) is 112 cm³/mol. The molecule has 0 radical (unpaired) electrons. The fraction of sp³-hybridized carbons (Fsp3) is 0.190. The number of benzene rings is 2. The maximum Gasteiger partial charge on any atom is 0.335 e. The maximum atomic E-state index is 12.3. The summed E-state index contributed by atoms with van der Waals surface area (Å²) in [4.78, 5) is 32.5. The van der Waals surface area contributed by atoms with Gasteiger partial charge in [-0.25, -0.2) is 4.79 Å². The summed E-state index contributed by atoms with van der Waals surface area (Å²) in [7, 11) is 0. The lowest BCUT2D eigenvalue weighted by atomic mass is 10.1. The van der Waals surface area contributed by atoms with Gasteiger partial charge in [-0.15, -0.1) is 0 Å². The molecule has 2 aromatic rings. The number of carboxylic acid groups (broad SMARTS) is 1. The number of hydrogen-bond donors (Lipinski definition) is 1. The van der Waals surface area contributed by atoms with Crippen molar-refractivity contribution >= 4 is 40.6 Å². The number of anilines is 1. The van der Waals surface area contributed by atoms with E-state index in [4.69, 9.17) is 5.11 Å². The van der Waals surface area contributed by atoms with Crippen molar-refractivity contribution in [2.75, 3.05) is 31.1 Å². The number of carboxylic acids is 1. The lowest BCUT2D eigenvalue weighted by Crippen LogP contribution is -2.47. The van der Waals surface area contributed by atoms with Gasteiger partial charge in [-0.05, 0) is 47.7 Å². The highest BCUT2D eigenvalue weighted by Crippen LogP contribution is 2.31. The molecule has 1 amide bonds. The van der Waals surface area contributed by atoms with Gasteiger partial charge in [-0.3, -0.25) is 4.79 Å². The van der Waals surface area contributed by atoms with Crippen molar-refractivity contribution in [2.24, 2.45) is 4.99 Å². The van der Waals surface area contributed by atoms with Crippen molar-refractivity contribution in [3.63, 3.8) is 0 Å². The number of piperazine rings is 1. The third kappa shape index (κ3) is 3.94. The molecule has 4 rings (SSSR count). The van der Waals surface area contributed by atoms with Gasteiger partial charge in [-0.2, -0.15) is 4.99 Å². The zero-order valence-corrected chi connectivity index (χ0v) is 15.9. The molecule has 28 heavy (non-hydrogen) atoms. The number of amides is 1. The van der Waals surface area contributed by atoms with E-state index in [1.54, 1.807) is 18.2 Å². The third-order valence-electron chi connectivity index (χ3n) is 4.74. The molecule has 0 bridgehead atoms. The Morgan fingerprint density at radius 3 is 2.25 bits per heavy atom. The van der Waals surface area contributed by atoms with E-state index in [1.165, 1.54) is 29.6 Å². The van der Waals surface area contributed by atoms with E-state index < -0.39 is 5.97 Å². The highest BCUT2D eigenvalue weighted by atomic mass is 32.2. The molecule has 0 atom stereocenters. The van der Waals surface area contributed by atoms with Crippen LogP contribution in [0, 0.1) is 0 Å². The Hall–Kier alpha value is -3.06. The number of thioether (sulfide) groups is 1. The molecule has 0 unspecified atom stereocenters. The minimum Gasteiger partial charge on any atom is -0.478 e. The van der Waals surface area contributed by atoms with Crippen molar-refractivity contribution in [1.82, 2.24) is 4.90 Å². The van der Waals surface area contributed by atoms with Gasteiger partial charge in [0.05, 0.1) is 10.5 Å². The lowest BCUT2D eigenvalue weighted by Gasteiger charge is -2.36. The number of para-hydroxylation sites is 1. The molecular formula is C21H19N3O3S. The highest BCUT2D eigenvalue weighted by molar-refractivity contribution is 8.18. The summed E-state index contributed by atoms with van der Waals surface area (Å²) in [5.74, 6) is -1.21. The summed E-state index contributed by atoms with van der Waals surface area (Å²) in [6.45, 7) is 3.39. The van der Waals surface area contributed by atoms with E-state index in [0.717, 1.165) is 36.9 Å². The van der Waals surface area contributed by atoms with E-state index in [0.29, 0.717) is 4.91 Å². The fourth-order valence-electron chi connectivity index (χ4n) is 3.20. The van der Waals surface area contributed by atoms with Crippen LogP contribution in [0.5, 0.6) is 0 Å². The molecule has 0 spiro atoms. The van der Waals surface area contributed by atoms with E-state index in [1.807, 2.05) is 18.2 Å². The lowest BCUT2D eigenvalue weighted by molar-refractivity contribution is -0.113. The zero-order chi connectivity index (χ0) is 19.5. The van der Waals surface area contributed by atoms with E-state index in [-0.39, 0.29) is 11.5 Å². The molecule has 2 aromatic carbocycles. The standard InChI is InChI=1S/C21H19N3O3S/c25-19-18(14-15-6-8-16(9-7-15)20(26)27)28-21(22-19)24-12-10-23(11-13-24)17-4-2-1-3-5-17/h1-9,14H,10-13H2,(H,26,27). The number of nitrogens with zero attached hydrogens (tertiary/aromatic N) is 3.